The summed E-state index contributed by atoms with van der Waals surface area (Å²) in [5.41, 5.74) is 2.07. The van der Waals surface area contributed by atoms with Crippen LogP contribution < -0.4 is 10.1 Å². The minimum absolute atomic E-state index is 0.0663. The van der Waals surface area contributed by atoms with Crippen LogP contribution in [0.5, 0.6) is 5.75 Å². The van der Waals surface area contributed by atoms with Crippen LogP contribution in [-0.2, 0) is 18.3 Å². The smallest absolute Gasteiger partial charge is 0.243 e. The van der Waals surface area contributed by atoms with Crippen molar-refractivity contribution < 1.29 is 9.53 Å². The van der Waals surface area contributed by atoms with Crippen LogP contribution in [0.1, 0.15) is 12.5 Å². The van der Waals surface area contributed by atoms with Crippen LogP contribution in [0.4, 0.5) is 0 Å². The first-order valence-electron chi connectivity index (χ1n) is 6.54. The molecular weight excluding hydrogens is 254 g/mol. The topological polar surface area (TPSA) is 56.2 Å². The number of aryl methyl sites for hydroxylation is 1. The number of fused-ring (bicyclic) bond motifs is 1. The molecule has 0 spiro atoms. The molecule has 5 nitrogen and oxygen atoms in total. The number of carbonyl (C=O) groups is 1. The van der Waals surface area contributed by atoms with E-state index in [1.165, 1.54) is 6.08 Å². The maximum atomic E-state index is 11.4. The number of ether oxygens (including phenoxy) is 1. The molecule has 0 aromatic carbocycles. The summed E-state index contributed by atoms with van der Waals surface area (Å²) in [4.78, 5) is 15.8. The Kier molecular flexibility index (Phi) is 4.40. The summed E-state index contributed by atoms with van der Waals surface area (Å²) in [5.74, 6) is 0.673. The van der Waals surface area contributed by atoms with Crippen LogP contribution in [0.25, 0.3) is 11.0 Å². The molecule has 0 aliphatic rings. The molecule has 5 heteroatoms. The summed E-state index contributed by atoms with van der Waals surface area (Å²) in [6.07, 6.45) is 7.75. The van der Waals surface area contributed by atoms with Gasteiger partial charge in [0.2, 0.25) is 5.91 Å². The van der Waals surface area contributed by atoms with Gasteiger partial charge in [-0.15, -0.1) is 0 Å². The SMILES string of the molecule is CC=CC(=O)NCCc1cn(C)c2ncc(OC)cc12. The summed E-state index contributed by atoms with van der Waals surface area (Å²) >= 11 is 0. The van der Waals surface area contributed by atoms with Crippen LogP contribution in [0.2, 0.25) is 0 Å². The molecule has 0 aliphatic heterocycles. The second-order valence-corrected chi connectivity index (χ2v) is 4.55. The zero-order valence-corrected chi connectivity index (χ0v) is 12.0. The summed E-state index contributed by atoms with van der Waals surface area (Å²) in [6, 6.07) is 1.98. The number of aromatic nitrogens is 2. The number of carbonyl (C=O) groups excluding carboxylic acids is 1. The van der Waals surface area contributed by atoms with Gasteiger partial charge in [-0.3, -0.25) is 4.79 Å². The first-order chi connectivity index (χ1) is 9.65. The van der Waals surface area contributed by atoms with Crippen molar-refractivity contribution in [2.24, 2.45) is 7.05 Å². The van der Waals surface area contributed by atoms with Crippen LogP contribution in [-0.4, -0.2) is 29.1 Å². The molecule has 2 aromatic rings. The van der Waals surface area contributed by atoms with Gasteiger partial charge in [0.25, 0.3) is 0 Å². The quantitative estimate of drug-likeness (QED) is 0.845. The number of hydrogen-bond donors (Lipinski definition) is 1. The highest BCUT2D eigenvalue weighted by Gasteiger charge is 2.09. The molecule has 0 bridgehead atoms. The summed E-state index contributed by atoms with van der Waals surface area (Å²) in [5, 5.41) is 3.91. The van der Waals surface area contributed by atoms with Crippen molar-refractivity contribution in [3.63, 3.8) is 0 Å². The van der Waals surface area contributed by atoms with Gasteiger partial charge in [0.05, 0.1) is 13.3 Å². The van der Waals surface area contributed by atoms with E-state index in [0.717, 1.165) is 28.8 Å². The highest BCUT2D eigenvalue weighted by atomic mass is 16.5. The van der Waals surface area contributed by atoms with E-state index < -0.39 is 0 Å². The van der Waals surface area contributed by atoms with Crippen molar-refractivity contribution in [1.82, 2.24) is 14.9 Å². The highest BCUT2D eigenvalue weighted by Crippen LogP contribution is 2.23. The third kappa shape index (κ3) is 2.99. The lowest BCUT2D eigenvalue weighted by Gasteiger charge is -2.02. The van der Waals surface area contributed by atoms with E-state index in [0.29, 0.717) is 6.54 Å². The van der Waals surface area contributed by atoms with Crippen LogP contribution in [0.3, 0.4) is 0 Å². The monoisotopic (exact) mass is 273 g/mol. The Balaban J connectivity index is 2.15. The molecule has 1 N–H and O–H groups in total. The predicted molar refractivity (Wildman–Crippen MR) is 78.8 cm³/mol. The van der Waals surface area contributed by atoms with E-state index in [1.807, 2.05) is 30.8 Å². The molecule has 0 atom stereocenters. The van der Waals surface area contributed by atoms with Gasteiger partial charge < -0.3 is 14.6 Å². The summed E-state index contributed by atoms with van der Waals surface area (Å²) < 4.78 is 7.19. The molecule has 0 saturated heterocycles. The Bertz CT molecular complexity index is 644. The van der Waals surface area contributed by atoms with Gasteiger partial charge >= 0.3 is 0 Å². The number of methoxy groups -OCH3 is 1. The number of allylic oxidation sites excluding steroid dienone is 1. The number of nitrogens with zero attached hydrogens (tertiary/aromatic N) is 2. The molecule has 2 aromatic heterocycles. The Labute approximate surface area is 118 Å². The molecule has 1 amide bonds. The third-order valence-corrected chi connectivity index (χ3v) is 3.12. The number of rotatable bonds is 5. The van der Waals surface area contributed by atoms with Gasteiger partial charge in [0.15, 0.2) is 0 Å². The van der Waals surface area contributed by atoms with Crippen molar-refractivity contribution >= 4 is 16.9 Å². The second-order valence-electron chi connectivity index (χ2n) is 4.55. The van der Waals surface area contributed by atoms with Crippen molar-refractivity contribution in [3.05, 3.63) is 36.2 Å². The van der Waals surface area contributed by atoms with Gasteiger partial charge in [-0.05, 0) is 31.1 Å². The highest BCUT2D eigenvalue weighted by molar-refractivity contribution is 5.87. The van der Waals surface area contributed by atoms with Crippen molar-refractivity contribution in [3.8, 4) is 5.75 Å². The standard InChI is InChI=1S/C15H19N3O2/c1-4-5-14(19)16-7-6-11-10-18(2)15-13(11)8-12(20-3)9-17-15/h4-5,8-10H,6-7H2,1-3H3,(H,16,19). The molecule has 2 rings (SSSR count). The maximum Gasteiger partial charge on any atom is 0.243 e. The number of pyridine rings is 1. The van der Waals surface area contributed by atoms with Crippen LogP contribution in [0.15, 0.2) is 30.6 Å². The molecule has 106 valence electrons. The first-order valence-corrected chi connectivity index (χ1v) is 6.54. The third-order valence-electron chi connectivity index (χ3n) is 3.12. The Morgan fingerprint density at radius 1 is 1.55 bits per heavy atom. The lowest BCUT2D eigenvalue weighted by atomic mass is 10.1. The van der Waals surface area contributed by atoms with E-state index in [-0.39, 0.29) is 5.91 Å². The van der Waals surface area contributed by atoms with Crippen LogP contribution >= 0.6 is 0 Å². The molecule has 20 heavy (non-hydrogen) atoms. The molecule has 0 unspecified atom stereocenters. The zero-order valence-electron chi connectivity index (χ0n) is 12.0. The van der Waals surface area contributed by atoms with E-state index in [9.17, 15) is 4.79 Å². The largest absolute Gasteiger partial charge is 0.495 e. The van der Waals surface area contributed by atoms with E-state index in [2.05, 4.69) is 10.3 Å². The summed E-state index contributed by atoms with van der Waals surface area (Å²) in [7, 11) is 3.59. The van der Waals surface area contributed by atoms with Gasteiger partial charge in [-0.2, -0.15) is 0 Å². The van der Waals surface area contributed by atoms with E-state index in [1.54, 1.807) is 19.4 Å². The molecule has 2 heterocycles. The molecule has 0 fully saturated rings. The van der Waals surface area contributed by atoms with E-state index >= 15 is 0 Å². The average Bonchev–Trinajstić information content (AvgIpc) is 2.75. The number of hydrogen-bond acceptors (Lipinski definition) is 3. The lowest BCUT2D eigenvalue weighted by molar-refractivity contribution is -0.116. The zero-order chi connectivity index (χ0) is 14.5. The van der Waals surface area contributed by atoms with E-state index in [4.69, 9.17) is 4.74 Å². The van der Waals surface area contributed by atoms with Crippen molar-refractivity contribution in [1.29, 1.82) is 0 Å². The molecule has 0 aliphatic carbocycles. The molecule has 0 radical (unpaired) electrons. The Hall–Kier alpha value is -2.30. The fourth-order valence-electron chi connectivity index (χ4n) is 2.16. The average molecular weight is 273 g/mol. The lowest BCUT2D eigenvalue weighted by Crippen LogP contribution is -2.23. The fourth-order valence-corrected chi connectivity index (χ4v) is 2.16. The second kappa shape index (κ2) is 6.23. The number of nitrogens with one attached hydrogen (secondary N) is 1. The fraction of sp³-hybridized carbons (Fsp3) is 0.333. The maximum absolute atomic E-state index is 11.4. The van der Waals surface area contributed by atoms with Crippen LogP contribution in [0, 0.1) is 0 Å². The van der Waals surface area contributed by atoms with Gasteiger partial charge in [-0.1, -0.05) is 6.08 Å². The molecular formula is C15H19N3O2. The van der Waals surface area contributed by atoms with Gasteiger partial charge in [0.1, 0.15) is 11.4 Å². The Morgan fingerprint density at radius 2 is 2.35 bits per heavy atom. The minimum Gasteiger partial charge on any atom is -0.495 e. The normalized spacial score (nSPS) is 11.2. The van der Waals surface area contributed by atoms with Gasteiger partial charge in [0, 0.05) is 25.2 Å². The van der Waals surface area contributed by atoms with Crippen molar-refractivity contribution in [2.75, 3.05) is 13.7 Å². The summed E-state index contributed by atoms with van der Waals surface area (Å²) in [6.45, 7) is 2.42. The molecule has 0 saturated carbocycles. The first kappa shape index (κ1) is 14.1. The number of amides is 1. The minimum atomic E-state index is -0.0663. The van der Waals surface area contributed by atoms with Gasteiger partial charge in [-0.25, -0.2) is 4.98 Å². The predicted octanol–water partition coefficient (Wildman–Crippen LogP) is 1.82. The van der Waals surface area contributed by atoms with Crippen molar-refractivity contribution in [2.45, 2.75) is 13.3 Å². The Morgan fingerprint density at radius 3 is 3.05 bits per heavy atom.